The summed E-state index contributed by atoms with van der Waals surface area (Å²) in [7, 11) is 0. The highest BCUT2D eigenvalue weighted by molar-refractivity contribution is 5.93. The van der Waals surface area contributed by atoms with Crippen molar-refractivity contribution in [1.29, 1.82) is 0 Å². The quantitative estimate of drug-likeness (QED) is 0.681. The molecule has 0 aromatic heterocycles. The summed E-state index contributed by atoms with van der Waals surface area (Å²) >= 11 is 0. The van der Waals surface area contributed by atoms with Gasteiger partial charge in [-0.2, -0.15) is 0 Å². The van der Waals surface area contributed by atoms with Crippen molar-refractivity contribution < 1.29 is 9.59 Å². The Morgan fingerprint density at radius 3 is 2.88 bits per heavy atom. The number of anilines is 1. The Bertz CT molecular complexity index is 471. The Kier molecular flexibility index (Phi) is 3.10. The van der Waals surface area contributed by atoms with Gasteiger partial charge in [-0.1, -0.05) is 12.1 Å². The summed E-state index contributed by atoms with van der Waals surface area (Å²) < 4.78 is 0. The van der Waals surface area contributed by atoms with Crippen molar-refractivity contribution in [2.45, 2.75) is 25.3 Å². The van der Waals surface area contributed by atoms with Crippen LogP contribution in [-0.4, -0.2) is 17.9 Å². The van der Waals surface area contributed by atoms with Gasteiger partial charge in [-0.05, 0) is 30.0 Å². The number of carbonyl (C=O) groups is 2. The van der Waals surface area contributed by atoms with Gasteiger partial charge in [-0.3, -0.25) is 9.59 Å². The molecule has 5 N–H and O–H groups in total. The van der Waals surface area contributed by atoms with Crippen LogP contribution in [-0.2, 0) is 22.4 Å². The minimum absolute atomic E-state index is 0.0408. The number of hydrogen-bond acceptors (Lipinski definition) is 3. The van der Waals surface area contributed by atoms with E-state index in [1.165, 1.54) is 0 Å². The van der Waals surface area contributed by atoms with Crippen LogP contribution in [0.3, 0.4) is 0 Å². The standard InChI is InChI=1S/C12H15N3O2/c13-9(12(14)17)6-7-1-3-10-8(5-7)2-4-11(16)15-10/h1,3,5,9H,2,4,6,13H2,(H2,14,17)(H,15,16). The van der Waals surface area contributed by atoms with Crippen molar-refractivity contribution >= 4 is 17.5 Å². The van der Waals surface area contributed by atoms with E-state index in [1.54, 1.807) is 0 Å². The lowest BCUT2D eigenvalue weighted by atomic mass is 9.97. The topological polar surface area (TPSA) is 98.2 Å². The first-order chi connectivity index (χ1) is 8.06. The molecule has 0 aliphatic carbocycles. The molecule has 0 saturated carbocycles. The molecular weight excluding hydrogens is 218 g/mol. The third-order valence-electron chi connectivity index (χ3n) is 2.89. The van der Waals surface area contributed by atoms with Gasteiger partial charge in [0.15, 0.2) is 0 Å². The van der Waals surface area contributed by atoms with Crippen LogP contribution in [0.4, 0.5) is 5.69 Å². The van der Waals surface area contributed by atoms with Crippen LogP contribution in [0.15, 0.2) is 18.2 Å². The number of nitrogens with one attached hydrogen (secondary N) is 1. The van der Waals surface area contributed by atoms with Crippen molar-refractivity contribution in [2.24, 2.45) is 11.5 Å². The number of benzene rings is 1. The maximum atomic E-state index is 11.2. The average Bonchev–Trinajstić information content (AvgIpc) is 2.29. The second-order valence-electron chi connectivity index (χ2n) is 4.25. The largest absolute Gasteiger partial charge is 0.368 e. The van der Waals surface area contributed by atoms with Crippen molar-refractivity contribution in [1.82, 2.24) is 0 Å². The highest BCUT2D eigenvalue weighted by Crippen LogP contribution is 2.23. The zero-order valence-corrected chi connectivity index (χ0v) is 9.40. The van der Waals surface area contributed by atoms with E-state index in [4.69, 9.17) is 11.5 Å². The molecule has 1 unspecified atom stereocenters. The number of amides is 2. The number of hydrogen-bond donors (Lipinski definition) is 3. The Balaban J connectivity index is 2.16. The van der Waals surface area contributed by atoms with Crippen LogP contribution in [0.1, 0.15) is 17.5 Å². The molecule has 1 aromatic rings. The number of rotatable bonds is 3. The molecule has 1 atom stereocenters. The lowest BCUT2D eigenvalue weighted by Gasteiger charge is -2.18. The number of primary amides is 1. The lowest BCUT2D eigenvalue weighted by Crippen LogP contribution is -2.38. The summed E-state index contributed by atoms with van der Waals surface area (Å²) in [5.41, 5.74) is 13.6. The molecule has 5 heteroatoms. The molecule has 1 aromatic carbocycles. The van der Waals surface area contributed by atoms with Gasteiger partial charge in [0.2, 0.25) is 11.8 Å². The molecule has 5 nitrogen and oxygen atoms in total. The first-order valence-corrected chi connectivity index (χ1v) is 5.53. The highest BCUT2D eigenvalue weighted by Gasteiger charge is 2.16. The molecule has 1 heterocycles. The van der Waals surface area contributed by atoms with Gasteiger partial charge in [-0.15, -0.1) is 0 Å². The summed E-state index contributed by atoms with van der Waals surface area (Å²) in [5.74, 6) is -0.463. The van der Waals surface area contributed by atoms with E-state index in [-0.39, 0.29) is 5.91 Å². The number of fused-ring (bicyclic) bond motifs is 1. The second kappa shape index (κ2) is 4.55. The molecule has 90 valence electrons. The fourth-order valence-electron chi connectivity index (χ4n) is 1.92. The maximum Gasteiger partial charge on any atom is 0.234 e. The minimum atomic E-state index is -0.661. The highest BCUT2D eigenvalue weighted by atomic mass is 16.2. The van der Waals surface area contributed by atoms with Gasteiger partial charge < -0.3 is 16.8 Å². The molecular formula is C12H15N3O2. The van der Waals surface area contributed by atoms with Gasteiger partial charge in [0.1, 0.15) is 0 Å². The van der Waals surface area contributed by atoms with Crippen LogP contribution in [0.25, 0.3) is 0 Å². The summed E-state index contributed by atoms with van der Waals surface area (Å²) in [4.78, 5) is 22.1. The van der Waals surface area contributed by atoms with Crippen molar-refractivity contribution in [3.05, 3.63) is 29.3 Å². The maximum absolute atomic E-state index is 11.2. The van der Waals surface area contributed by atoms with E-state index in [0.717, 1.165) is 23.2 Å². The van der Waals surface area contributed by atoms with Crippen LogP contribution < -0.4 is 16.8 Å². The summed E-state index contributed by atoms with van der Waals surface area (Å²) in [6, 6.07) is 5.01. The van der Waals surface area contributed by atoms with Gasteiger partial charge in [-0.25, -0.2) is 0 Å². The van der Waals surface area contributed by atoms with Gasteiger partial charge in [0.05, 0.1) is 6.04 Å². The smallest absolute Gasteiger partial charge is 0.234 e. The van der Waals surface area contributed by atoms with Crippen molar-refractivity contribution in [3.8, 4) is 0 Å². The van der Waals surface area contributed by atoms with Crippen LogP contribution in [0, 0.1) is 0 Å². The predicted octanol–water partition coefficient (Wildman–Crippen LogP) is -0.0736. The third kappa shape index (κ3) is 2.62. The fourth-order valence-corrected chi connectivity index (χ4v) is 1.92. The summed E-state index contributed by atoms with van der Waals surface area (Å²) in [6.07, 6.45) is 1.65. The molecule has 0 saturated heterocycles. The third-order valence-corrected chi connectivity index (χ3v) is 2.89. The first kappa shape index (κ1) is 11.6. The fraction of sp³-hybridized carbons (Fsp3) is 0.333. The van der Waals surface area contributed by atoms with E-state index in [1.807, 2.05) is 18.2 Å². The Morgan fingerprint density at radius 2 is 2.18 bits per heavy atom. The van der Waals surface area contributed by atoms with E-state index in [9.17, 15) is 9.59 Å². The van der Waals surface area contributed by atoms with Crippen LogP contribution in [0.5, 0.6) is 0 Å². The Morgan fingerprint density at radius 1 is 1.41 bits per heavy atom. The van der Waals surface area contributed by atoms with E-state index >= 15 is 0 Å². The number of aryl methyl sites for hydroxylation is 1. The number of nitrogens with two attached hydrogens (primary N) is 2. The summed E-state index contributed by atoms with van der Waals surface area (Å²) in [6.45, 7) is 0. The summed E-state index contributed by atoms with van der Waals surface area (Å²) in [5, 5.41) is 2.80. The van der Waals surface area contributed by atoms with Gasteiger partial charge in [0, 0.05) is 12.1 Å². The number of carbonyl (C=O) groups excluding carboxylic acids is 2. The lowest BCUT2D eigenvalue weighted by molar-refractivity contribution is -0.119. The Hall–Kier alpha value is -1.88. The van der Waals surface area contributed by atoms with Gasteiger partial charge in [0.25, 0.3) is 0 Å². The molecule has 2 amide bonds. The molecule has 0 radical (unpaired) electrons. The molecule has 1 aliphatic rings. The molecule has 0 bridgehead atoms. The van der Waals surface area contributed by atoms with E-state index < -0.39 is 11.9 Å². The van der Waals surface area contributed by atoms with Gasteiger partial charge >= 0.3 is 0 Å². The molecule has 17 heavy (non-hydrogen) atoms. The molecule has 1 aliphatic heterocycles. The average molecular weight is 233 g/mol. The van der Waals surface area contributed by atoms with E-state index in [2.05, 4.69) is 5.32 Å². The minimum Gasteiger partial charge on any atom is -0.368 e. The van der Waals surface area contributed by atoms with Crippen molar-refractivity contribution in [2.75, 3.05) is 5.32 Å². The van der Waals surface area contributed by atoms with Crippen molar-refractivity contribution in [3.63, 3.8) is 0 Å². The Labute approximate surface area is 99.2 Å². The van der Waals surface area contributed by atoms with Crippen LogP contribution >= 0.6 is 0 Å². The first-order valence-electron chi connectivity index (χ1n) is 5.53. The molecule has 0 spiro atoms. The molecule has 2 rings (SSSR count). The zero-order valence-electron chi connectivity index (χ0n) is 9.40. The second-order valence-corrected chi connectivity index (χ2v) is 4.25. The normalized spacial score (nSPS) is 15.9. The SMILES string of the molecule is NC(=O)C(N)Cc1ccc2c(c1)CCC(=O)N2. The monoisotopic (exact) mass is 233 g/mol. The predicted molar refractivity (Wildman–Crippen MR) is 64.3 cm³/mol. The van der Waals surface area contributed by atoms with Crippen LogP contribution in [0.2, 0.25) is 0 Å². The molecule has 0 fully saturated rings. The zero-order chi connectivity index (χ0) is 12.4. The van der Waals surface area contributed by atoms with E-state index in [0.29, 0.717) is 12.8 Å².